The Kier molecular flexibility index (Phi) is 5.23. The molecular weight excluding hydrogens is 388 g/mol. The van der Waals surface area contributed by atoms with Gasteiger partial charge in [0.25, 0.3) is 5.91 Å². The maximum atomic E-state index is 14.8. The number of methoxy groups -OCH3 is 1. The number of ether oxygens (including phenoxy) is 1. The zero-order valence-corrected chi connectivity index (χ0v) is 16.2. The van der Waals surface area contributed by atoms with Crippen LogP contribution < -0.4 is 4.74 Å². The fourth-order valence-corrected chi connectivity index (χ4v) is 3.69. The molecule has 0 bridgehead atoms. The lowest BCUT2D eigenvalue weighted by atomic mass is 9.93. The van der Waals surface area contributed by atoms with Gasteiger partial charge in [0.15, 0.2) is 5.76 Å². The molecule has 0 aliphatic carbocycles. The minimum atomic E-state index is -0.836. The van der Waals surface area contributed by atoms with Crippen LogP contribution in [0.3, 0.4) is 0 Å². The van der Waals surface area contributed by atoms with Crippen LogP contribution in [-0.2, 0) is 11.3 Å². The van der Waals surface area contributed by atoms with Gasteiger partial charge in [0, 0.05) is 17.7 Å². The SMILES string of the molecule is COc1ccc(C2=C(O)C(=O)N(Cc3ccc(F)cc3)C2c2ccccc2F)cc1. The second-order valence-electron chi connectivity index (χ2n) is 6.97. The van der Waals surface area contributed by atoms with E-state index in [1.807, 2.05) is 0 Å². The molecule has 1 unspecified atom stereocenters. The summed E-state index contributed by atoms with van der Waals surface area (Å²) in [6.45, 7) is 0.0851. The van der Waals surface area contributed by atoms with Crippen molar-refractivity contribution in [1.29, 1.82) is 0 Å². The molecule has 30 heavy (non-hydrogen) atoms. The highest BCUT2D eigenvalue weighted by Gasteiger charge is 2.42. The summed E-state index contributed by atoms with van der Waals surface area (Å²) in [5.74, 6) is -1.31. The van der Waals surface area contributed by atoms with Crippen molar-refractivity contribution in [3.05, 3.63) is 107 Å². The monoisotopic (exact) mass is 407 g/mol. The summed E-state index contributed by atoms with van der Waals surface area (Å²) in [5, 5.41) is 10.7. The summed E-state index contributed by atoms with van der Waals surface area (Å²) < 4.78 is 33.2. The van der Waals surface area contributed by atoms with Gasteiger partial charge in [-0.1, -0.05) is 42.5 Å². The van der Waals surface area contributed by atoms with Crippen molar-refractivity contribution in [2.75, 3.05) is 7.11 Å². The van der Waals surface area contributed by atoms with E-state index < -0.39 is 29.3 Å². The predicted molar refractivity (Wildman–Crippen MR) is 109 cm³/mol. The third-order valence-corrected chi connectivity index (χ3v) is 5.17. The maximum absolute atomic E-state index is 14.8. The summed E-state index contributed by atoms with van der Waals surface area (Å²) in [6, 6.07) is 17.9. The zero-order chi connectivity index (χ0) is 21.3. The lowest BCUT2D eigenvalue weighted by Crippen LogP contribution is -2.30. The third kappa shape index (κ3) is 3.52. The van der Waals surface area contributed by atoms with Gasteiger partial charge in [0.05, 0.1) is 13.2 Å². The summed E-state index contributed by atoms with van der Waals surface area (Å²) in [4.78, 5) is 14.4. The Morgan fingerprint density at radius 2 is 1.63 bits per heavy atom. The van der Waals surface area contributed by atoms with Gasteiger partial charge in [0.1, 0.15) is 17.4 Å². The third-order valence-electron chi connectivity index (χ3n) is 5.17. The van der Waals surface area contributed by atoms with Gasteiger partial charge in [-0.25, -0.2) is 8.78 Å². The first-order valence-corrected chi connectivity index (χ1v) is 9.37. The second kappa shape index (κ2) is 7.99. The molecule has 152 valence electrons. The van der Waals surface area contributed by atoms with Crippen molar-refractivity contribution in [2.24, 2.45) is 0 Å². The van der Waals surface area contributed by atoms with Crippen LogP contribution >= 0.6 is 0 Å². The number of rotatable bonds is 5. The van der Waals surface area contributed by atoms with E-state index in [0.29, 0.717) is 22.4 Å². The normalized spacial score (nSPS) is 16.3. The molecule has 0 saturated heterocycles. The van der Waals surface area contributed by atoms with Gasteiger partial charge in [-0.3, -0.25) is 4.79 Å². The van der Waals surface area contributed by atoms with Crippen LogP contribution in [0.4, 0.5) is 8.78 Å². The number of nitrogens with zero attached hydrogens (tertiary/aromatic N) is 1. The molecule has 0 aromatic heterocycles. The van der Waals surface area contributed by atoms with Crippen LogP contribution in [0.5, 0.6) is 5.75 Å². The Morgan fingerprint density at radius 1 is 0.967 bits per heavy atom. The van der Waals surface area contributed by atoms with Crippen LogP contribution in [0.15, 0.2) is 78.6 Å². The molecule has 0 saturated carbocycles. The first kappa shape index (κ1) is 19.6. The molecule has 3 aromatic carbocycles. The van der Waals surface area contributed by atoms with E-state index in [0.717, 1.165) is 0 Å². The predicted octanol–water partition coefficient (Wildman–Crippen LogP) is 5.03. The standard InChI is InChI=1S/C24H19F2NO3/c1-30-18-12-8-16(9-13-18)21-22(19-4-2-3-5-20(19)26)27(24(29)23(21)28)14-15-6-10-17(25)11-7-15/h2-13,22,28H,14H2,1H3. The number of hydrogen-bond acceptors (Lipinski definition) is 3. The van der Waals surface area contributed by atoms with Crippen molar-refractivity contribution >= 4 is 11.5 Å². The maximum Gasteiger partial charge on any atom is 0.290 e. The van der Waals surface area contributed by atoms with Crippen LogP contribution in [0, 0.1) is 11.6 Å². The number of halogens is 2. The van der Waals surface area contributed by atoms with E-state index in [1.54, 1.807) is 54.6 Å². The van der Waals surface area contributed by atoms with E-state index >= 15 is 0 Å². The molecule has 0 fully saturated rings. The molecule has 3 aromatic rings. The lowest BCUT2D eigenvalue weighted by molar-refractivity contribution is -0.130. The molecule has 1 N–H and O–H groups in total. The van der Waals surface area contributed by atoms with E-state index in [-0.39, 0.29) is 12.1 Å². The number of aliphatic hydroxyl groups excluding tert-OH is 1. The highest BCUT2D eigenvalue weighted by atomic mass is 19.1. The summed E-state index contributed by atoms with van der Waals surface area (Å²) in [7, 11) is 1.54. The van der Waals surface area contributed by atoms with E-state index in [4.69, 9.17) is 4.74 Å². The number of hydrogen-bond donors (Lipinski definition) is 1. The Hall–Kier alpha value is -3.67. The van der Waals surface area contributed by atoms with E-state index in [1.165, 1.54) is 30.2 Å². The van der Waals surface area contributed by atoms with Crippen molar-refractivity contribution in [1.82, 2.24) is 4.90 Å². The quantitative estimate of drug-likeness (QED) is 0.646. The average Bonchev–Trinajstić information content (AvgIpc) is 3.00. The molecule has 4 nitrogen and oxygen atoms in total. The average molecular weight is 407 g/mol. The molecule has 1 heterocycles. The van der Waals surface area contributed by atoms with Gasteiger partial charge in [-0.05, 0) is 41.5 Å². The van der Waals surface area contributed by atoms with E-state index in [2.05, 4.69) is 0 Å². The molecule has 0 spiro atoms. The van der Waals surface area contributed by atoms with Crippen molar-refractivity contribution in [2.45, 2.75) is 12.6 Å². The van der Waals surface area contributed by atoms with Gasteiger partial charge in [-0.15, -0.1) is 0 Å². The van der Waals surface area contributed by atoms with Gasteiger partial charge >= 0.3 is 0 Å². The minimum absolute atomic E-state index is 0.0851. The van der Waals surface area contributed by atoms with Crippen LogP contribution in [0.1, 0.15) is 22.7 Å². The zero-order valence-electron chi connectivity index (χ0n) is 16.2. The first-order chi connectivity index (χ1) is 14.5. The topological polar surface area (TPSA) is 49.8 Å². The second-order valence-corrected chi connectivity index (χ2v) is 6.97. The smallest absolute Gasteiger partial charge is 0.290 e. The molecule has 1 aliphatic rings. The van der Waals surface area contributed by atoms with Gasteiger partial charge in [-0.2, -0.15) is 0 Å². The number of carbonyl (C=O) groups is 1. The van der Waals surface area contributed by atoms with Crippen LogP contribution in [0.2, 0.25) is 0 Å². The molecule has 1 atom stereocenters. The van der Waals surface area contributed by atoms with Crippen LogP contribution in [0.25, 0.3) is 5.57 Å². The Labute approximate surface area is 172 Å². The molecule has 4 rings (SSSR count). The van der Waals surface area contributed by atoms with E-state index in [9.17, 15) is 18.7 Å². The molecule has 1 aliphatic heterocycles. The molecule has 0 radical (unpaired) electrons. The fraction of sp³-hybridized carbons (Fsp3) is 0.125. The summed E-state index contributed by atoms with van der Waals surface area (Å²) >= 11 is 0. The highest BCUT2D eigenvalue weighted by Crippen LogP contribution is 2.44. The highest BCUT2D eigenvalue weighted by molar-refractivity contribution is 6.05. The largest absolute Gasteiger partial charge is 0.503 e. The molecular formula is C24H19F2NO3. The molecule has 1 amide bonds. The van der Waals surface area contributed by atoms with Gasteiger partial charge in [0.2, 0.25) is 0 Å². The number of amides is 1. The summed E-state index contributed by atoms with van der Waals surface area (Å²) in [6.07, 6.45) is 0. The lowest BCUT2D eigenvalue weighted by Gasteiger charge is -2.28. The van der Waals surface area contributed by atoms with Crippen molar-refractivity contribution < 1.29 is 23.4 Å². The Morgan fingerprint density at radius 3 is 2.27 bits per heavy atom. The van der Waals surface area contributed by atoms with Crippen LogP contribution in [-0.4, -0.2) is 23.0 Å². The fourth-order valence-electron chi connectivity index (χ4n) is 3.69. The summed E-state index contributed by atoms with van der Waals surface area (Å²) in [5.41, 5.74) is 1.82. The number of carbonyl (C=O) groups excluding carboxylic acids is 1. The molecule has 6 heteroatoms. The number of aliphatic hydroxyl groups is 1. The minimum Gasteiger partial charge on any atom is -0.503 e. The Balaban J connectivity index is 1.81. The number of benzene rings is 3. The van der Waals surface area contributed by atoms with Crippen molar-refractivity contribution in [3.63, 3.8) is 0 Å². The van der Waals surface area contributed by atoms with Crippen molar-refractivity contribution in [3.8, 4) is 5.75 Å². The first-order valence-electron chi connectivity index (χ1n) is 9.37. The Bertz CT molecular complexity index is 1110. The van der Waals surface area contributed by atoms with Gasteiger partial charge < -0.3 is 14.7 Å².